The normalized spacial score (nSPS) is 11.0. The van der Waals surface area contributed by atoms with Gasteiger partial charge in [-0.25, -0.2) is 9.59 Å². The number of aromatic carboxylic acids is 1. The van der Waals surface area contributed by atoms with Crippen LogP contribution in [-0.4, -0.2) is 27.8 Å². The highest BCUT2D eigenvalue weighted by Crippen LogP contribution is 2.15. The summed E-state index contributed by atoms with van der Waals surface area (Å²) in [5.74, 6) is -1.01. The van der Waals surface area contributed by atoms with E-state index in [0.29, 0.717) is 13.0 Å². The number of pyridine rings is 1. The zero-order chi connectivity index (χ0) is 18.4. The third-order valence-corrected chi connectivity index (χ3v) is 3.38. The molecule has 2 rings (SSSR count). The summed E-state index contributed by atoms with van der Waals surface area (Å²) in [5.41, 5.74) is 2.33. The molecule has 1 aromatic heterocycles. The number of rotatable bonds is 5. The van der Waals surface area contributed by atoms with Gasteiger partial charge in [0, 0.05) is 18.9 Å². The smallest absolute Gasteiger partial charge is 0.407 e. The van der Waals surface area contributed by atoms with Crippen LogP contribution in [0.15, 0.2) is 42.7 Å². The molecule has 0 saturated heterocycles. The Morgan fingerprint density at radius 3 is 2.48 bits per heavy atom. The fourth-order valence-electron chi connectivity index (χ4n) is 2.31. The third kappa shape index (κ3) is 5.91. The molecule has 132 valence electrons. The Morgan fingerprint density at radius 1 is 1.16 bits per heavy atom. The van der Waals surface area contributed by atoms with Crippen molar-refractivity contribution >= 4 is 12.1 Å². The van der Waals surface area contributed by atoms with Crippen LogP contribution in [0.3, 0.4) is 0 Å². The molecular weight excluding hydrogens is 320 g/mol. The molecule has 1 amide bonds. The zero-order valence-electron chi connectivity index (χ0n) is 14.6. The van der Waals surface area contributed by atoms with Crippen molar-refractivity contribution in [1.82, 2.24) is 10.3 Å². The summed E-state index contributed by atoms with van der Waals surface area (Å²) in [5, 5.41) is 11.8. The number of amides is 1. The van der Waals surface area contributed by atoms with Crippen LogP contribution >= 0.6 is 0 Å². The van der Waals surface area contributed by atoms with Crippen LogP contribution in [0.25, 0.3) is 0 Å². The van der Waals surface area contributed by atoms with Crippen molar-refractivity contribution in [1.29, 1.82) is 0 Å². The second-order valence-corrected chi connectivity index (χ2v) is 6.69. The summed E-state index contributed by atoms with van der Waals surface area (Å²) in [7, 11) is 0. The van der Waals surface area contributed by atoms with E-state index in [1.54, 1.807) is 12.3 Å². The lowest BCUT2D eigenvalue weighted by molar-refractivity contribution is 0.0523. The topological polar surface area (TPSA) is 88.5 Å². The number of hydrogen-bond acceptors (Lipinski definition) is 4. The minimum atomic E-state index is -1.01. The molecule has 0 unspecified atom stereocenters. The van der Waals surface area contributed by atoms with Crippen LogP contribution < -0.4 is 5.32 Å². The minimum Gasteiger partial charge on any atom is -0.478 e. The predicted molar refractivity (Wildman–Crippen MR) is 93.5 cm³/mol. The van der Waals surface area contributed by atoms with Gasteiger partial charge in [-0.1, -0.05) is 24.3 Å². The first-order chi connectivity index (χ1) is 11.7. The average Bonchev–Trinajstić information content (AvgIpc) is 2.52. The number of carbonyl (C=O) groups is 2. The molecule has 1 heterocycles. The lowest BCUT2D eigenvalue weighted by atomic mass is 10.00. The summed E-state index contributed by atoms with van der Waals surface area (Å²) < 4.78 is 5.23. The highest BCUT2D eigenvalue weighted by atomic mass is 16.6. The van der Waals surface area contributed by atoms with Gasteiger partial charge in [-0.05, 0) is 49.9 Å². The van der Waals surface area contributed by atoms with Gasteiger partial charge in [0.15, 0.2) is 0 Å². The van der Waals surface area contributed by atoms with E-state index in [2.05, 4.69) is 10.3 Å². The van der Waals surface area contributed by atoms with E-state index in [1.165, 1.54) is 6.20 Å². The lowest BCUT2D eigenvalue weighted by Gasteiger charge is -2.20. The Morgan fingerprint density at radius 2 is 1.84 bits per heavy atom. The summed E-state index contributed by atoms with van der Waals surface area (Å²) in [6.45, 7) is 5.76. The summed E-state index contributed by atoms with van der Waals surface area (Å²) in [4.78, 5) is 26.9. The van der Waals surface area contributed by atoms with Crippen LogP contribution in [0.4, 0.5) is 4.79 Å². The minimum absolute atomic E-state index is 0.155. The standard InChI is InChI=1S/C19H22N2O4/c1-19(2,3)25-18(24)21-12-15-7-5-4-6-14(15)8-13-9-16(17(22)23)11-20-10-13/h4-7,9-11H,8,12H2,1-3H3,(H,21,24)(H,22,23). The molecule has 0 aliphatic carbocycles. The molecule has 6 heteroatoms. The highest BCUT2D eigenvalue weighted by molar-refractivity contribution is 5.87. The molecule has 0 aliphatic heterocycles. The van der Waals surface area contributed by atoms with Crippen LogP contribution in [0.2, 0.25) is 0 Å². The van der Waals surface area contributed by atoms with E-state index >= 15 is 0 Å². The SMILES string of the molecule is CC(C)(C)OC(=O)NCc1ccccc1Cc1cncc(C(=O)O)c1. The Bertz CT molecular complexity index is 766. The third-order valence-electron chi connectivity index (χ3n) is 3.38. The molecule has 25 heavy (non-hydrogen) atoms. The van der Waals surface area contributed by atoms with Gasteiger partial charge in [0.1, 0.15) is 5.60 Å². The number of nitrogens with one attached hydrogen (secondary N) is 1. The fourth-order valence-corrected chi connectivity index (χ4v) is 2.31. The van der Waals surface area contributed by atoms with Gasteiger partial charge in [-0.2, -0.15) is 0 Å². The van der Waals surface area contributed by atoms with Crippen molar-refractivity contribution in [3.8, 4) is 0 Å². The molecular formula is C19H22N2O4. The van der Waals surface area contributed by atoms with Crippen LogP contribution in [0.5, 0.6) is 0 Å². The largest absolute Gasteiger partial charge is 0.478 e. The number of alkyl carbamates (subject to hydrolysis) is 1. The second kappa shape index (κ2) is 7.79. The number of aromatic nitrogens is 1. The number of carboxylic acids is 1. The number of hydrogen-bond donors (Lipinski definition) is 2. The zero-order valence-corrected chi connectivity index (χ0v) is 14.6. The van der Waals surface area contributed by atoms with E-state index < -0.39 is 17.7 Å². The van der Waals surface area contributed by atoms with Gasteiger partial charge >= 0.3 is 12.1 Å². The number of ether oxygens (including phenoxy) is 1. The fraction of sp³-hybridized carbons (Fsp3) is 0.316. The first-order valence-electron chi connectivity index (χ1n) is 7.95. The van der Waals surface area contributed by atoms with Gasteiger partial charge in [-0.3, -0.25) is 4.98 Å². The van der Waals surface area contributed by atoms with E-state index in [9.17, 15) is 9.59 Å². The molecule has 0 bridgehead atoms. The monoisotopic (exact) mass is 342 g/mol. The van der Waals surface area contributed by atoms with Crippen molar-refractivity contribution in [2.24, 2.45) is 0 Å². The van der Waals surface area contributed by atoms with Crippen molar-refractivity contribution in [3.05, 3.63) is 65.0 Å². The predicted octanol–water partition coefficient (Wildman–Crippen LogP) is 3.40. The van der Waals surface area contributed by atoms with Crippen molar-refractivity contribution in [2.45, 2.75) is 39.3 Å². The molecule has 6 nitrogen and oxygen atoms in total. The molecule has 0 aliphatic rings. The Labute approximate surface area is 146 Å². The van der Waals surface area contributed by atoms with E-state index in [1.807, 2.05) is 45.0 Å². The Hall–Kier alpha value is -2.89. The van der Waals surface area contributed by atoms with E-state index in [0.717, 1.165) is 16.7 Å². The van der Waals surface area contributed by atoms with Crippen LogP contribution in [0, 0.1) is 0 Å². The molecule has 2 N–H and O–H groups in total. The number of carbonyl (C=O) groups excluding carboxylic acids is 1. The molecule has 0 fully saturated rings. The first kappa shape index (κ1) is 18.4. The number of benzene rings is 1. The second-order valence-electron chi connectivity index (χ2n) is 6.69. The Balaban J connectivity index is 2.09. The maximum absolute atomic E-state index is 11.8. The highest BCUT2D eigenvalue weighted by Gasteiger charge is 2.16. The molecule has 0 radical (unpaired) electrons. The molecule has 0 saturated carbocycles. The van der Waals surface area contributed by atoms with E-state index in [-0.39, 0.29) is 5.56 Å². The number of carboxylic acid groups (broad SMARTS) is 1. The lowest BCUT2D eigenvalue weighted by Crippen LogP contribution is -2.32. The van der Waals surface area contributed by atoms with Gasteiger partial charge in [0.25, 0.3) is 0 Å². The molecule has 1 aromatic carbocycles. The van der Waals surface area contributed by atoms with Gasteiger partial charge in [0.05, 0.1) is 5.56 Å². The maximum atomic E-state index is 11.8. The molecule has 0 spiro atoms. The van der Waals surface area contributed by atoms with Crippen molar-refractivity contribution in [3.63, 3.8) is 0 Å². The van der Waals surface area contributed by atoms with Crippen LogP contribution in [-0.2, 0) is 17.7 Å². The van der Waals surface area contributed by atoms with Crippen LogP contribution in [0.1, 0.15) is 47.8 Å². The van der Waals surface area contributed by atoms with Gasteiger partial charge < -0.3 is 15.2 Å². The summed E-state index contributed by atoms with van der Waals surface area (Å²) in [6, 6.07) is 9.26. The summed E-state index contributed by atoms with van der Waals surface area (Å²) in [6.07, 6.45) is 3.02. The number of nitrogens with zero attached hydrogens (tertiary/aromatic N) is 1. The summed E-state index contributed by atoms with van der Waals surface area (Å²) >= 11 is 0. The first-order valence-corrected chi connectivity index (χ1v) is 7.95. The average molecular weight is 342 g/mol. The molecule has 0 atom stereocenters. The Kier molecular flexibility index (Phi) is 5.75. The maximum Gasteiger partial charge on any atom is 0.407 e. The molecule has 2 aromatic rings. The van der Waals surface area contributed by atoms with Gasteiger partial charge in [-0.15, -0.1) is 0 Å². The van der Waals surface area contributed by atoms with Crippen molar-refractivity contribution < 1.29 is 19.4 Å². The quantitative estimate of drug-likeness (QED) is 0.869. The van der Waals surface area contributed by atoms with Gasteiger partial charge in [0.2, 0.25) is 0 Å². The van der Waals surface area contributed by atoms with E-state index in [4.69, 9.17) is 9.84 Å². The van der Waals surface area contributed by atoms with Crippen molar-refractivity contribution in [2.75, 3.05) is 0 Å².